The van der Waals surface area contributed by atoms with Crippen LogP contribution in [0.5, 0.6) is 23.0 Å². The maximum absolute atomic E-state index is 11.7. The van der Waals surface area contributed by atoms with Crippen LogP contribution in [0, 0.1) is 6.92 Å². The third-order valence-corrected chi connectivity index (χ3v) is 8.58. The quantitative estimate of drug-likeness (QED) is 0.214. The van der Waals surface area contributed by atoms with Gasteiger partial charge in [-0.15, -0.1) is 0 Å². The van der Waals surface area contributed by atoms with E-state index < -0.39 is 15.4 Å². The van der Waals surface area contributed by atoms with Gasteiger partial charge in [0.1, 0.15) is 45.0 Å². The standard InChI is InChI=1S/C33H38O8S/c1-21-13-26(38-11-6-12-42(5,35)36)15-23-18-33(2,3)41-29-10-7-22(14-28(29)32(21)23)19-39-25-8-9-27-24(16-31(34)37-4)20-40-30(27)17-25/h7-10,13-15,17,24H,6,11-12,16,18-20H2,1-5H3/t24-/m1/s1. The van der Waals surface area contributed by atoms with Crippen LogP contribution >= 0.6 is 0 Å². The predicted molar refractivity (Wildman–Crippen MR) is 160 cm³/mol. The van der Waals surface area contributed by atoms with Crippen LogP contribution in [0.4, 0.5) is 0 Å². The number of benzene rings is 3. The van der Waals surface area contributed by atoms with E-state index >= 15 is 0 Å². The third-order valence-electron chi connectivity index (χ3n) is 7.55. The molecule has 224 valence electrons. The molecule has 0 saturated carbocycles. The summed E-state index contributed by atoms with van der Waals surface area (Å²) >= 11 is 0. The van der Waals surface area contributed by atoms with Crippen LogP contribution in [-0.2, 0) is 32.4 Å². The van der Waals surface area contributed by atoms with Gasteiger partial charge in [0, 0.05) is 35.8 Å². The van der Waals surface area contributed by atoms with Crippen LogP contribution in [0.1, 0.15) is 54.9 Å². The number of hydrogen-bond acceptors (Lipinski definition) is 8. The summed E-state index contributed by atoms with van der Waals surface area (Å²) in [6.07, 6.45) is 2.66. The molecule has 3 aromatic carbocycles. The van der Waals surface area contributed by atoms with Crippen LogP contribution in [-0.4, -0.2) is 52.3 Å². The molecule has 5 rings (SSSR count). The van der Waals surface area contributed by atoms with Gasteiger partial charge in [-0.25, -0.2) is 8.42 Å². The summed E-state index contributed by atoms with van der Waals surface area (Å²) in [5, 5.41) is 0. The maximum Gasteiger partial charge on any atom is 0.306 e. The fourth-order valence-electron chi connectivity index (χ4n) is 5.65. The second-order valence-electron chi connectivity index (χ2n) is 11.8. The van der Waals surface area contributed by atoms with Crippen molar-refractivity contribution in [1.29, 1.82) is 0 Å². The number of aryl methyl sites for hydroxylation is 1. The van der Waals surface area contributed by atoms with Crippen molar-refractivity contribution in [2.45, 2.75) is 58.2 Å². The summed E-state index contributed by atoms with van der Waals surface area (Å²) in [4.78, 5) is 11.7. The summed E-state index contributed by atoms with van der Waals surface area (Å²) in [5.41, 5.74) is 5.84. The molecule has 0 unspecified atom stereocenters. The summed E-state index contributed by atoms with van der Waals surface area (Å²) in [6.45, 7) is 7.35. The second-order valence-corrected chi connectivity index (χ2v) is 14.0. The van der Waals surface area contributed by atoms with Crippen LogP contribution in [0.25, 0.3) is 11.1 Å². The number of esters is 1. The minimum absolute atomic E-state index is 0.0166. The first-order chi connectivity index (χ1) is 19.9. The molecule has 9 heteroatoms. The molecule has 0 fully saturated rings. The summed E-state index contributed by atoms with van der Waals surface area (Å²) in [6, 6.07) is 15.9. The Kier molecular flexibility index (Phi) is 8.42. The Hall–Kier alpha value is -3.72. The van der Waals surface area contributed by atoms with Gasteiger partial charge < -0.3 is 23.7 Å². The number of carbonyl (C=O) groups is 1. The maximum atomic E-state index is 11.7. The zero-order valence-corrected chi connectivity index (χ0v) is 25.6. The van der Waals surface area contributed by atoms with Crippen molar-refractivity contribution in [3.05, 3.63) is 70.8 Å². The largest absolute Gasteiger partial charge is 0.494 e. The fraction of sp³-hybridized carbons (Fsp3) is 0.424. The molecule has 0 amide bonds. The molecule has 0 spiro atoms. The first-order valence-electron chi connectivity index (χ1n) is 14.1. The Morgan fingerprint density at radius 1 is 1.02 bits per heavy atom. The molecule has 3 aromatic rings. The lowest BCUT2D eigenvalue weighted by Gasteiger charge is -2.25. The minimum atomic E-state index is -3.02. The second kappa shape index (κ2) is 11.9. The monoisotopic (exact) mass is 594 g/mol. The van der Waals surface area contributed by atoms with E-state index in [1.165, 1.54) is 13.4 Å². The van der Waals surface area contributed by atoms with Gasteiger partial charge in [-0.1, -0.05) is 12.1 Å². The number of carbonyl (C=O) groups excluding carboxylic acids is 1. The Morgan fingerprint density at radius 3 is 2.60 bits per heavy atom. The summed E-state index contributed by atoms with van der Waals surface area (Å²) in [7, 11) is -1.63. The molecule has 0 N–H and O–H groups in total. The highest BCUT2D eigenvalue weighted by molar-refractivity contribution is 7.90. The van der Waals surface area contributed by atoms with Gasteiger partial charge in [0.15, 0.2) is 0 Å². The van der Waals surface area contributed by atoms with Crippen LogP contribution in [0.3, 0.4) is 0 Å². The van der Waals surface area contributed by atoms with E-state index in [1.54, 1.807) is 0 Å². The molecular formula is C33H38O8S. The van der Waals surface area contributed by atoms with Gasteiger partial charge in [-0.05, 0) is 79.8 Å². The average Bonchev–Trinajstić information content (AvgIpc) is 3.26. The number of hydrogen-bond donors (Lipinski definition) is 0. The topological polar surface area (TPSA) is 97.4 Å². The lowest BCUT2D eigenvalue weighted by molar-refractivity contribution is -0.141. The molecule has 42 heavy (non-hydrogen) atoms. The van der Waals surface area contributed by atoms with Crippen molar-refractivity contribution in [3.8, 4) is 34.1 Å². The molecule has 0 aliphatic carbocycles. The van der Waals surface area contributed by atoms with Gasteiger partial charge in [0.2, 0.25) is 0 Å². The zero-order valence-electron chi connectivity index (χ0n) is 24.8. The smallest absolute Gasteiger partial charge is 0.306 e. The molecule has 2 aliphatic rings. The molecule has 8 nitrogen and oxygen atoms in total. The highest BCUT2D eigenvalue weighted by Gasteiger charge is 2.30. The Balaban J connectivity index is 1.35. The molecule has 0 saturated heterocycles. The van der Waals surface area contributed by atoms with Crippen LogP contribution in [0.15, 0.2) is 48.5 Å². The first kappa shape index (κ1) is 29.8. The van der Waals surface area contributed by atoms with E-state index in [2.05, 4.69) is 26.8 Å². The van der Waals surface area contributed by atoms with Crippen molar-refractivity contribution in [2.75, 3.05) is 32.3 Å². The van der Waals surface area contributed by atoms with Gasteiger partial charge in [-0.3, -0.25) is 4.79 Å². The first-order valence-corrected chi connectivity index (χ1v) is 16.2. The highest BCUT2D eigenvalue weighted by atomic mass is 32.2. The van der Waals surface area contributed by atoms with E-state index in [-0.39, 0.29) is 24.1 Å². The Morgan fingerprint density at radius 2 is 1.83 bits per heavy atom. The number of ether oxygens (including phenoxy) is 5. The van der Waals surface area contributed by atoms with E-state index in [9.17, 15) is 13.2 Å². The van der Waals surface area contributed by atoms with E-state index in [4.69, 9.17) is 23.7 Å². The van der Waals surface area contributed by atoms with Gasteiger partial charge in [0.05, 0.1) is 32.5 Å². The number of rotatable bonds is 10. The molecule has 0 bridgehead atoms. The van der Waals surface area contributed by atoms with E-state index in [1.807, 2.05) is 42.5 Å². The van der Waals surface area contributed by atoms with E-state index in [0.717, 1.165) is 50.6 Å². The van der Waals surface area contributed by atoms with Crippen molar-refractivity contribution < 1.29 is 36.9 Å². The average molecular weight is 595 g/mol. The third kappa shape index (κ3) is 7.01. The highest BCUT2D eigenvalue weighted by Crippen LogP contribution is 2.44. The zero-order chi connectivity index (χ0) is 30.1. The van der Waals surface area contributed by atoms with Gasteiger partial charge >= 0.3 is 5.97 Å². The van der Waals surface area contributed by atoms with Crippen molar-refractivity contribution >= 4 is 15.8 Å². The molecule has 1 atom stereocenters. The normalized spacial score (nSPS) is 16.6. The number of sulfone groups is 1. The van der Waals surface area contributed by atoms with Gasteiger partial charge in [-0.2, -0.15) is 0 Å². The molecule has 2 heterocycles. The predicted octanol–water partition coefficient (Wildman–Crippen LogP) is 5.81. The fourth-order valence-corrected chi connectivity index (χ4v) is 6.30. The van der Waals surface area contributed by atoms with Gasteiger partial charge in [0.25, 0.3) is 0 Å². The minimum Gasteiger partial charge on any atom is -0.494 e. The van der Waals surface area contributed by atoms with Crippen molar-refractivity contribution in [2.24, 2.45) is 0 Å². The Bertz CT molecular complexity index is 1590. The van der Waals surface area contributed by atoms with E-state index in [0.29, 0.717) is 38.4 Å². The van der Waals surface area contributed by atoms with Crippen LogP contribution < -0.4 is 18.9 Å². The van der Waals surface area contributed by atoms with Crippen LogP contribution in [0.2, 0.25) is 0 Å². The molecule has 2 aliphatic heterocycles. The number of fused-ring (bicyclic) bond motifs is 4. The molecule has 0 radical (unpaired) electrons. The summed E-state index contributed by atoms with van der Waals surface area (Å²) < 4.78 is 52.2. The number of methoxy groups -OCH3 is 1. The Labute approximate surface area is 247 Å². The molecule has 0 aromatic heterocycles. The SMILES string of the molecule is COC(=O)C[C@@H]1COc2cc(OCc3ccc4c(c3)-c3c(C)cc(OCCCS(C)(=O)=O)cc3CC(C)(C)O4)ccc21. The lowest BCUT2D eigenvalue weighted by atomic mass is 9.89. The van der Waals surface area contributed by atoms with Crippen molar-refractivity contribution in [3.63, 3.8) is 0 Å². The molecular weight excluding hydrogens is 556 g/mol. The lowest BCUT2D eigenvalue weighted by Crippen LogP contribution is -2.30. The summed E-state index contributed by atoms with van der Waals surface area (Å²) in [5.74, 6) is 2.80. The van der Waals surface area contributed by atoms with Crippen molar-refractivity contribution in [1.82, 2.24) is 0 Å².